The van der Waals surface area contributed by atoms with Gasteiger partial charge in [0.1, 0.15) is 0 Å². The molecule has 0 aliphatic carbocycles. The number of hydrogen-bond donors (Lipinski definition) is 1. The highest BCUT2D eigenvalue weighted by molar-refractivity contribution is 5.91. The molecule has 0 saturated carbocycles. The van der Waals surface area contributed by atoms with Crippen LogP contribution in [0.25, 0.3) is 0 Å². The Morgan fingerprint density at radius 3 is 3.00 bits per heavy atom. The second-order valence-electron chi connectivity index (χ2n) is 3.02. The van der Waals surface area contributed by atoms with Gasteiger partial charge in [0, 0.05) is 18.9 Å². The zero-order chi connectivity index (χ0) is 10.5. The van der Waals surface area contributed by atoms with Crippen LogP contribution in [0, 0.1) is 0 Å². The van der Waals surface area contributed by atoms with E-state index in [2.05, 4.69) is 10.3 Å². The summed E-state index contributed by atoms with van der Waals surface area (Å²) in [5.41, 5.74) is 0.956. The number of hydrogen-bond acceptors (Lipinski definition) is 3. The number of carbonyl (C=O) groups excluding carboxylic acids is 1. The summed E-state index contributed by atoms with van der Waals surface area (Å²) >= 11 is 0. The second kappa shape index (κ2) is 4.41. The fraction of sp³-hybridized carbons (Fsp3) is 0.0909. The summed E-state index contributed by atoms with van der Waals surface area (Å²) in [4.78, 5) is 15.4. The number of carbonyl (C=O) groups is 1. The van der Waals surface area contributed by atoms with Crippen LogP contribution in [0.2, 0.25) is 0 Å². The lowest BCUT2D eigenvalue weighted by atomic mass is 10.3. The van der Waals surface area contributed by atoms with Crippen LogP contribution in [0.15, 0.2) is 47.3 Å². The Hall–Kier alpha value is -2.10. The molecule has 0 fully saturated rings. The van der Waals surface area contributed by atoms with Gasteiger partial charge in [-0.05, 0) is 23.8 Å². The van der Waals surface area contributed by atoms with Gasteiger partial charge in [-0.15, -0.1) is 0 Å². The molecular weight excluding hydrogens is 192 g/mol. The highest BCUT2D eigenvalue weighted by atomic mass is 16.3. The fourth-order valence-corrected chi connectivity index (χ4v) is 1.18. The summed E-state index contributed by atoms with van der Waals surface area (Å²) in [6, 6.07) is 7.03. The standard InChI is InChI=1S/C11H10N2O2/c14-11(10-4-2-6-15-10)13-8-9-3-1-5-12-7-9/h1-7H,8H2,(H,13,14). The molecule has 4 heteroatoms. The van der Waals surface area contributed by atoms with E-state index >= 15 is 0 Å². The monoisotopic (exact) mass is 202 g/mol. The Morgan fingerprint density at radius 1 is 1.40 bits per heavy atom. The van der Waals surface area contributed by atoms with Crippen molar-refractivity contribution in [1.29, 1.82) is 0 Å². The van der Waals surface area contributed by atoms with Crippen molar-refractivity contribution in [1.82, 2.24) is 10.3 Å². The number of aromatic nitrogens is 1. The molecular formula is C11H10N2O2. The van der Waals surface area contributed by atoms with Gasteiger partial charge in [-0.1, -0.05) is 6.07 Å². The Kier molecular flexibility index (Phi) is 2.78. The summed E-state index contributed by atoms with van der Waals surface area (Å²) < 4.78 is 4.96. The summed E-state index contributed by atoms with van der Waals surface area (Å²) in [5, 5.41) is 2.73. The summed E-state index contributed by atoms with van der Waals surface area (Å²) in [6.45, 7) is 0.452. The predicted octanol–water partition coefficient (Wildman–Crippen LogP) is 1.60. The van der Waals surface area contributed by atoms with Crippen LogP contribution < -0.4 is 5.32 Å². The third-order valence-electron chi connectivity index (χ3n) is 1.92. The van der Waals surface area contributed by atoms with Crippen LogP contribution in [-0.2, 0) is 6.54 Å². The SMILES string of the molecule is O=C(NCc1cccnc1)c1ccco1. The molecule has 0 bridgehead atoms. The number of nitrogens with one attached hydrogen (secondary N) is 1. The lowest BCUT2D eigenvalue weighted by Crippen LogP contribution is -2.22. The average molecular weight is 202 g/mol. The third-order valence-corrected chi connectivity index (χ3v) is 1.92. The molecule has 0 saturated heterocycles. The van der Waals surface area contributed by atoms with Crippen molar-refractivity contribution in [2.45, 2.75) is 6.54 Å². The minimum atomic E-state index is -0.219. The maximum Gasteiger partial charge on any atom is 0.287 e. The van der Waals surface area contributed by atoms with Crippen LogP contribution in [0.3, 0.4) is 0 Å². The molecule has 0 aliphatic rings. The summed E-state index contributed by atoms with van der Waals surface area (Å²) in [7, 11) is 0. The Labute approximate surface area is 86.9 Å². The molecule has 0 aromatic carbocycles. The van der Waals surface area contributed by atoms with E-state index in [9.17, 15) is 4.79 Å². The van der Waals surface area contributed by atoms with E-state index < -0.39 is 0 Å². The van der Waals surface area contributed by atoms with Crippen molar-refractivity contribution in [2.24, 2.45) is 0 Å². The van der Waals surface area contributed by atoms with Gasteiger partial charge in [0.2, 0.25) is 0 Å². The molecule has 1 N–H and O–H groups in total. The zero-order valence-corrected chi connectivity index (χ0v) is 8.01. The van der Waals surface area contributed by atoms with Crippen molar-refractivity contribution < 1.29 is 9.21 Å². The van der Waals surface area contributed by atoms with Gasteiger partial charge in [0.25, 0.3) is 5.91 Å². The van der Waals surface area contributed by atoms with Crippen molar-refractivity contribution in [3.05, 3.63) is 54.2 Å². The quantitative estimate of drug-likeness (QED) is 0.822. The molecule has 0 radical (unpaired) electrons. The highest BCUT2D eigenvalue weighted by Gasteiger charge is 2.06. The van der Waals surface area contributed by atoms with Gasteiger partial charge in [-0.25, -0.2) is 0 Å². The first-order valence-corrected chi connectivity index (χ1v) is 4.57. The summed E-state index contributed by atoms with van der Waals surface area (Å²) in [6.07, 6.45) is 4.87. The fourth-order valence-electron chi connectivity index (χ4n) is 1.18. The van der Waals surface area contributed by atoms with Gasteiger partial charge < -0.3 is 9.73 Å². The van der Waals surface area contributed by atoms with Crippen LogP contribution in [-0.4, -0.2) is 10.9 Å². The number of nitrogens with zero attached hydrogens (tertiary/aromatic N) is 1. The normalized spacial score (nSPS) is 9.87. The molecule has 2 rings (SSSR count). The number of rotatable bonds is 3. The maximum absolute atomic E-state index is 11.5. The van der Waals surface area contributed by atoms with Gasteiger partial charge >= 0.3 is 0 Å². The minimum Gasteiger partial charge on any atom is -0.459 e. The molecule has 0 unspecified atom stereocenters. The molecule has 2 heterocycles. The summed E-state index contributed by atoms with van der Waals surface area (Å²) in [5.74, 6) is 0.0998. The molecule has 2 aromatic heterocycles. The highest BCUT2D eigenvalue weighted by Crippen LogP contribution is 2.00. The van der Waals surface area contributed by atoms with E-state index in [0.717, 1.165) is 5.56 Å². The van der Waals surface area contributed by atoms with Crippen molar-refractivity contribution in [3.8, 4) is 0 Å². The van der Waals surface area contributed by atoms with Crippen LogP contribution in [0.4, 0.5) is 0 Å². The molecule has 4 nitrogen and oxygen atoms in total. The van der Waals surface area contributed by atoms with Crippen molar-refractivity contribution >= 4 is 5.91 Å². The average Bonchev–Trinajstić information content (AvgIpc) is 2.81. The molecule has 0 spiro atoms. The second-order valence-corrected chi connectivity index (χ2v) is 3.02. The van der Waals surface area contributed by atoms with E-state index in [1.807, 2.05) is 12.1 Å². The van der Waals surface area contributed by atoms with E-state index in [1.54, 1.807) is 24.5 Å². The predicted molar refractivity (Wildman–Crippen MR) is 54.1 cm³/mol. The van der Waals surface area contributed by atoms with Gasteiger partial charge in [0.15, 0.2) is 5.76 Å². The Morgan fingerprint density at radius 2 is 2.33 bits per heavy atom. The lowest BCUT2D eigenvalue weighted by molar-refractivity contribution is 0.0923. The first-order valence-electron chi connectivity index (χ1n) is 4.57. The van der Waals surface area contributed by atoms with Crippen LogP contribution in [0.5, 0.6) is 0 Å². The molecule has 15 heavy (non-hydrogen) atoms. The number of amides is 1. The molecule has 0 aliphatic heterocycles. The van der Waals surface area contributed by atoms with E-state index in [1.165, 1.54) is 6.26 Å². The lowest BCUT2D eigenvalue weighted by Gasteiger charge is -2.01. The first kappa shape index (κ1) is 9.45. The molecule has 76 valence electrons. The van der Waals surface area contributed by atoms with Crippen molar-refractivity contribution in [3.63, 3.8) is 0 Å². The third kappa shape index (κ3) is 2.43. The molecule has 2 aromatic rings. The van der Waals surface area contributed by atoms with Gasteiger partial charge in [0.05, 0.1) is 6.26 Å². The Balaban J connectivity index is 1.92. The van der Waals surface area contributed by atoms with Crippen LogP contribution in [0.1, 0.15) is 16.1 Å². The molecule has 0 atom stereocenters. The largest absolute Gasteiger partial charge is 0.459 e. The molecule has 1 amide bonds. The van der Waals surface area contributed by atoms with Crippen molar-refractivity contribution in [2.75, 3.05) is 0 Å². The van der Waals surface area contributed by atoms with Gasteiger partial charge in [-0.2, -0.15) is 0 Å². The van der Waals surface area contributed by atoms with E-state index in [0.29, 0.717) is 12.3 Å². The van der Waals surface area contributed by atoms with Crippen LogP contribution >= 0.6 is 0 Å². The smallest absolute Gasteiger partial charge is 0.287 e. The number of furan rings is 1. The minimum absolute atomic E-state index is 0.219. The zero-order valence-electron chi connectivity index (χ0n) is 8.01. The topological polar surface area (TPSA) is 55.1 Å². The van der Waals surface area contributed by atoms with E-state index in [4.69, 9.17) is 4.42 Å². The van der Waals surface area contributed by atoms with E-state index in [-0.39, 0.29) is 5.91 Å². The van der Waals surface area contributed by atoms with Gasteiger partial charge in [-0.3, -0.25) is 9.78 Å². The Bertz CT molecular complexity index is 423. The number of pyridine rings is 1. The first-order chi connectivity index (χ1) is 7.36. The maximum atomic E-state index is 11.5.